The molecule has 4 aromatic rings. The monoisotopic (exact) mass is 509 g/mol. The van der Waals surface area contributed by atoms with Crippen molar-refractivity contribution in [2.75, 3.05) is 0 Å². The first-order valence-corrected chi connectivity index (χ1v) is 12.5. The number of nitrogens with zero attached hydrogens (tertiary/aromatic N) is 3. The summed E-state index contributed by atoms with van der Waals surface area (Å²) < 4.78 is 6.24. The van der Waals surface area contributed by atoms with E-state index in [9.17, 15) is 9.59 Å². The van der Waals surface area contributed by atoms with Crippen LogP contribution in [0.5, 0.6) is 0 Å². The SMILES string of the molecule is C=C/C=C\C(=C/N)n1c(C)nc(CCCC)c(Cc2ccc(-c3ccccc3-c3noc(=O)[nH]3)cc2)c1=O. The molecule has 194 valence electrons. The largest absolute Gasteiger partial charge is 0.439 e. The molecule has 0 aliphatic carbocycles. The van der Waals surface area contributed by atoms with E-state index in [1.54, 1.807) is 22.8 Å². The number of nitrogens with one attached hydrogen (secondary N) is 1. The van der Waals surface area contributed by atoms with E-state index >= 15 is 0 Å². The Hall–Kier alpha value is -4.72. The average Bonchev–Trinajstić information content (AvgIpc) is 3.37. The highest BCUT2D eigenvalue weighted by molar-refractivity contribution is 5.80. The van der Waals surface area contributed by atoms with Crippen molar-refractivity contribution in [2.24, 2.45) is 5.73 Å². The minimum Gasteiger partial charge on any atom is -0.403 e. The number of aromatic amines is 1. The predicted molar refractivity (Wildman–Crippen MR) is 150 cm³/mol. The van der Waals surface area contributed by atoms with Gasteiger partial charge < -0.3 is 5.73 Å². The zero-order valence-corrected chi connectivity index (χ0v) is 21.6. The van der Waals surface area contributed by atoms with Gasteiger partial charge in [0.25, 0.3) is 5.56 Å². The topological polar surface area (TPSA) is 120 Å². The Balaban J connectivity index is 1.73. The Labute approximate surface area is 220 Å². The highest BCUT2D eigenvalue weighted by Gasteiger charge is 2.17. The van der Waals surface area contributed by atoms with E-state index < -0.39 is 5.76 Å². The van der Waals surface area contributed by atoms with Crippen LogP contribution in [-0.4, -0.2) is 19.7 Å². The summed E-state index contributed by atoms with van der Waals surface area (Å²) in [6.45, 7) is 7.64. The maximum Gasteiger partial charge on any atom is 0.439 e. The lowest BCUT2D eigenvalue weighted by molar-refractivity contribution is 0.388. The quantitative estimate of drug-likeness (QED) is 0.291. The van der Waals surface area contributed by atoms with Gasteiger partial charge in [0.15, 0.2) is 5.82 Å². The van der Waals surface area contributed by atoms with Crippen molar-refractivity contribution >= 4 is 5.70 Å². The molecular formula is C30H31N5O3. The van der Waals surface area contributed by atoms with Gasteiger partial charge in [-0.25, -0.2) is 9.78 Å². The number of hydrogen-bond donors (Lipinski definition) is 2. The summed E-state index contributed by atoms with van der Waals surface area (Å²) in [6, 6.07) is 15.6. The van der Waals surface area contributed by atoms with Crippen LogP contribution in [0.2, 0.25) is 0 Å². The number of aryl methyl sites for hydroxylation is 2. The summed E-state index contributed by atoms with van der Waals surface area (Å²) in [5, 5.41) is 3.83. The smallest absolute Gasteiger partial charge is 0.403 e. The number of benzene rings is 2. The zero-order chi connectivity index (χ0) is 27.1. The van der Waals surface area contributed by atoms with Crippen molar-refractivity contribution in [2.45, 2.75) is 39.5 Å². The zero-order valence-electron chi connectivity index (χ0n) is 21.6. The summed E-state index contributed by atoms with van der Waals surface area (Å²) in [7, 11) is 0. The fraction of sp³-hybridized carbons (Fsp3) is 0.200. The number of unbranched alkanes of at least 4 members (excludes halogenated alkanes) is 1. The third-order valence-electron chi connectivity index (χ3n) is 6.30. The van der Waals surface area contributed by atoms with Crippen LogP contribution in [-0.2, 0) is 12.8 Å². The number of rotatable bonds is 10. The molecule has 3 N–H and O–H groups in total. The van der Waals surface area contributed by atoms with Gasteiger partial charge in [-0.15, -0.1) is 0 Å². The minimum absolute atomic E-state index is 0.126. The number of allylic oxidation sites excluding steroid dienone is 4. The van der Waals surface area contributed by atoms with Gasteiger partial charge in [-0.2, -0.15) is 0 Å². The molecule has 0 unspecified atom stereocenters. The van der Waals surface area contributed by atoms with Crippen LogP contribution in [0, 0.1) is 6.92 Å². The third kappa shape index (κ3) is 5.64. The van der Waals surface area contributed by atoms with Gasteiger partial charge in [0.2, 0.25) is 0 Å². The fourth-order valence-corrected chi connectivity index (χ4v) is 4.42. The maximum atomic E-state index is 13.8. The van der Waals surface area contributed by atoms with Crippen LogP contribution in [0.25, 0.3) is 28.2 Å². The van der Waals surface area contributed by atoms with Gasteiger partial charge in [0, 0.05) is 23.7 Å². The van der Waals surface area contributed by atoms with Gasteiger partial charge in [-0.3, -0.25) is 18.9 Å². The van der Waals surface area contributed by atoms with E-state index in [1.807, 2.05) is 55.5 Å². The summed E-state index contributed by atoms with van der Waals surface area (Å²) in [6.07, 6.45) is 9.63. The maximum absolute atomic E-state index is 13.8. The van der Waals surface area contributed by atoms with Gasteiger partial charge in [-0.05, 0) is 42.5 Å². The molecule has 4 rings (SSSR count). The minimum atomic E-state index is -0.603. The molecule has 0 amide bonds. The van der Waals surface area contributed by atoms with Crippen LogP contribution in [0.3, 0.4) is 0 Å². The van der Waals surface area contributed by atoms with E-state index in [4.69, 9.17) is 15.2 Å². The summed E-state index contributed by atoms with van der Waals surface area (Å²) in [5.74, 6) is 0.359. The molecule has 0 saturated heterocycles. The molecule has 8 nitrogen and oxygen atoms in total. The van der Waals surface area contributed by atoms with E-state index in [1.165, 1.54) is 6.20 Å². The van der Waals surface area contributed by atoms with E-state index in [-0.39, 0.29) is 5.56 Å². The number of H-pyrrole nitrogens is 1. The second-order valence-corrected chi connectivity index (χ2v) is 8.88. The molecule has 0 spiro atoms. The lowest BCUT2D eigenvalue weighted by Gasteiger charge is -2.16. The molecule has 38 heavy (non-hydrogen) atoms. The van der Waals surface area contributed by atoms with E-state index in [0.717, 1.165) is 47.2 Å². The predicted octanol–water partition coefficient (Wildman–Crippen LogP) is 4.99. The fourth-order valence-electron chi connectivity index (χ4n) is 4.42. The number of aromatic nitrogens is 4. The van der Waals surface area contributed by atoms with Crippen molar-refractivity contribution in [1.29, 1.82) is 0 Å². The highest BCUT2D eigenvalue weighted by atomic mass is 16.5. The first kappa shape index (κ1) is 26.3. The van der Waals surface area contributed by atoms with E-state index in [2.05, 4.69) is 23.6 Å². The Morgan fingerprint density at radius 3 is 2.50 bits per heavy atom. The molecule has 0 saturated carbocycles. The second-order valence-electron chi connectivity index (χ2n) is 8.88. The standard InChI is InChI=1S/C30H31N5O3/c1-4-6-10-23(19-31)35-20(3)32-27(13-7-5-2)26(29(35)36)18-21-14-16-22(17-15-21)24-11-8-9-12-25(24)28-33-30(37)38-34-28/h4,6,8-12,14-17,19H,1,5,7,13,18,31H2,2-3H3,(H,33,34,37)/b10-6-,23-19+. The lowest BCUT2D eigenvalue weighted by Crippen LogP contribution is -2.29. The average molecular weight is 510 g/mol. The lowest BCUT2D eigenvalue weighted by atomic mass is 9.96. The molecule has 8 heteroatoms. The van der Waals surface area contributed by atoms with Gasteiger partial charge in [0.1, 0.15) is 5.82 Å². The Kier molecular flexibility index (Phi) is 8.33. The molecule has 0 aliphatic rings. The molecule has 2 aromatic heterocycles. The van der Waals surface area contributed by atoms with Crippen molar-refractivity contribution in [3.8, 4) is 22.5 Å². The summed E-state index contributed by atoms with van der Waals surface area (Å²) >= 11 is 0. The highest BCUT2D eigenvalue weighted by Crippen LogP contribution is 2.30. The number of hydrogen-bond acceptors (Lipinski definition) is 6. The second kappa shape index (κ2) is 12.0. The molecular weight excluding hydrogens is 478 g/mol. The molecule has 0 bridgehead atoms. The first-order valence-electron chi connectivity index (χ1n) is 12.5. The van der Waals surface area contributed by atoms with E-state index in [0.29, 0.717) is 29.3 Å². The van der Waals surface area contributed by atoms with Crippen molar-refractivity contribution in [3.05, 3.63) is 123 Å². The number of nitrogens with two attached hydrogens (primary N) is 1. The van der Waals surface area contributed by atoms with Crippen molar-refractivity contribution in [3.63, 3.8) is 0 Å². The van der Waals surface area contributed by atoms with Crippen LogP contribution in [0.4, 0.5) is 0 Å². The van der Waals surface area contributed by atoms with Gasteiger partial charge in [-0.1, -0.05) is 85.8 Å². The van der Waals surface area contributed by atoms with Crippen LogP contribution in [0.1, 0.15) is 42.4 Å². The first-order chi connectivity index (χ1) is 18.5. The third-order valence-corrected chi connectivity index (χ3v) is 6.30. The molecule has 0 fully saturated rings. The summed E-state index contributed by atoms with van der Waals surface area (Å²) in [5.41, 5.74) is 11.3. The molecule has 0 atom stereocenters. The normalized spacial score (nSPS) is 11.8. The van der Waals surface area contributed by atoms with Gasteiger partial charge >= 0.3 is 5.76 Å². The van der Waals surface area contributed by atoms with Crippen LogP contribution < -0.4 is 17.0 Å². The molecule has 0 radical (unpaired) electrons. The summed E-state index contributed by atoms with van der Waals surface area (Å²) in [4.78, 5) is 32.7. The van der Waals surface area contributed by atoms with Crippen LogP contribution >= 0.6 is 0 Å². The van der Waals surface area contributed by atoms with Crippen LogP contribution in [0.15, 0.2) is 93.7 Å². The van der Waals surface area contributed by atoms with Gasteiger partial charge in [0.05, 0.1) is 11.4 Å². The Morgan fingerprint density at radius 2 is 1.87 bits per heavy atom. The molecule has 2 heterocycles. The molecule has 0 aliphatic heterocycles. The Morgan fingerprint density at radius 1 is 1.13 bits per heavy atom. The van der Waals surface area contributed by atoms with Crippen molar-refractivity contribution in [1.82, 2.24) is 19.7 Å². The van der Waals surface area contributed by atoms with Crippen molar-refractivity contribution < 1.29 is 4.52 Å². The Bertz CT molecular complexity index is 1600. The molecule has 2 aromatic carbocycles.